The third-order valence-electron chi connectivity index (χ3n) is 15.7. The zero-order valence-electron chi connectivity index (χ0n) is 45.8. The first-order valence-electron chi connectivity index (χ1n) is 24.0. The topological polar surface area (TPSA) is 66.9 Å². The second kappa shape index (κ2) is 22.1. The monoisotopic (exact) mass is 952 g/mol. The lowest BCUT2D eigenvalue weighted by Crippen LogP contribution is -2.54. The van der Waals surface area contributed by atoms with Gasteiger partial charge in [-0.2, -0.15) is 0 Å². The molecular formula is C51H101NO5SSi4. The molecule has 0 unspecified atom stereocenters. The third kappa shape index (κ3) is 17.0. The quantitative estimate of drug-likeness (QED) is 0.0804. The lowest BCUT2D eigenvalue weighted by molar-refractivity contribution is -0.141. The molecule has 1 aromatic heterocycles. The molecule has 11 heteroatoms. The molecule has 0 N–H and O–H groups in total. The van der Waals surface area contributed by atoms with Crippen LogP contribution in [0.15, 0.2) is 22.6 Å². The molecule has 62 heavy (non-hydrogen) atoms. The zero-order valence-corrected chi connectivity index (χ0v) is 50.6. The maximum absolute atomic E-state index is 15.2. The van der Waals surface area contributed by atoms with E-state index in [1.54, 1.807) is 11.3 Å². The highest BCUT2D eigenvalue weighted by atomic mass is 32.1. The highest BCUT2D eigenvalue weighted by molar-refractivity contribution is 7.09. The average molecular weight is 953 g/mol. The molecule has 0 saturated heterocycles. The number of carbonyl (C=O) groups is 1. The molecule has 0 saturated carbocycles. The molecule has 1 heterocycles. The van der Waals surface area contributed by atoms with Crippen LogP contribution in [0, 0.1) is 24.2 Å². The Bertz CT molecular complexity index is 1630. The van der Waals surface area contributed by atoms with E-state index >= 15 is 4.79 Å². The fraction of sp³-hybridized carbons (Fsp3) is 0.843. The summed E-state index contributed by atoms with van der Waals surface area (Å²) >= 11 is 1.69. The van der Waals surface area contributed by atoms with Crippen LogP contribution >= 0.6 is 11.3 Å². The number of allylic oxidation sites excluding steroid dienone is 1. The second-order valence-corrected chi connectivity index (χ2v) is 45.8. The molecule has 1 rings (SSSR count). The van der Waals surface area contributed by atoms with Gasteiger partial charge in [-0.15, -0.1) is 11.3 Å². The Morgan fingerprint density at radius 2 is 1.18 bits per heavy atom. The molecule has 0 aliphatic rings. The van der Waals surface area contributed by atoms with Crippen molar-refractivity contribution < 1.29 is 22.5 Å². The normalized spacial score (nSPS) is 17.5. The molecule has 0 aliphatic carbocycles. The van der Waals surface area contributed by atoms with Gasteiger partial charge in [-0.3, -0.25) is 4.79 Å². The predicted octanol–water partition coefficient (Wildman–Crippen LogP) is 16.8. The molecule has 0 radical (unpaired) electrons. The summed E-state index contributed by atoms with van der Waals surface area (Å²) in [6, 6.07) is 0. The van der Waals surface area contributed by atoms with E-state index in [1.807, 2.05) is 0 Å². The van der Waals surface area contributed by atoms with Gasteiger partial charge in [-0.25, -0.2) is 4.98 Å². The van der Waals surface area contributed by atoms with Crippen LogP contribution in [0.2, 0.25) is 72.5 Å². The summed E-state index contributed by atoms with van der Waals surface area (Å²) in [6.07, 6.45) is 8.74. The maximum atomic E-state index is 15.2. The molecule has 362 valence electrons. The summed E-state index contributed by atoms with van der Waals surface area (Å²) in [4.78, 5) is 19.9. The van der Waals surface area contributed by atoms with Gasteiger partial charge in [0.05, 0.1) is 29.0 Å². The van der Waals surface area contributed by atoms with E-state index in [-0.39, 0.29) is 56.1 Å². The van der Waals surface area contributed by atoms with Crippen LogP contribution in [0.4, 0.5) is 0 Å². The minimum Gasteiger partial charge on any atom is -0.417 e. The van der Waals surface area contributed by atoms with Crippen LogP contribution in [0.1, 0.15) is 167 Å². The summed E-state index contributed by atoms with van der Waals surface area (Å²) in [5, 5.41) is 3.48. The number of hydrogen-bond donors (Lipinski definition) is 0. The molecule has 0 spiro atoms. The number of aromatic nitrogens is 1. The van der Waals surface area contributed by atoms with Gasteiger partial charge in [-0.1, -0.05) is 122 Å². The Labute approximate surface area is 393 Å². The highest BCUT2D eigenvalue weighted by Gasteiger charge is 2.50. The van der Waals surface area contributed by atoms with Gasteiger partial charge >= 0.3 is 0 Å². The third-order valence-corrected chi connectivity index (χ3v) is 34.5. The smallest absolute Gasteiger partial charge is 0.192 e. The zero-order chi connectivity index (χ0) is 48.9. The van der Waals surface area contributed by atoms with E-state index in [4.69, 9.17) is 22.7 Å². The molecular weight excluding hydrogens is 851 g/mol. The number of hydrogen-bond acceptors (Lipinski definition) is 7. The summed E-state index contributed by atoms with van der Waals surface area (Å²) < 4.78 is 28.4. The Morgan fingerprint density at radius 3 is 1.63 bits per heavy atom. The fourth-order valence-corrected chi connectivity index (χ4v) is 12.7. The molecule has 1 aromatic rings. The molecule has 6 nitrogen and oxygen atoms in total. The summed E-state index contributed by atoms with van der Waals surface area (Å²) in [5.74, 6) is 0.154. The number of Topliss-reactive ketones (excluding diaryl/α,β-unsaturated/α-hetero) is 1. The van der Waals surface area contributed by atoms with Crippen LogP contribution in [0.3, 0.4) is 0 Å². The first-order chi connectivity index (χ1) is 27.5. The number of ketones is 1. The summed E-state index contributed by atoms with van der Waals surface area (Å²) in [7, 11) is -8.46. The van der Waals surface area contributed by atoms with E-state index in [0.29, 0.717) is 13.0 Å². The lowest BCUT2D eigenvalue weighted by atomic mass is 9.73. The highest BCUT2D eigenvalue weighted by Crippen LogP contribution is 2.45. The van der Waals surface area contributed by atoms with Crippen molar-refractivity contribution in [2.75, 3.05) is 6.61 Å². The van der Waals surface area contributed by atoms with Gasteiger partial charge in [0.1, 0.15) is 5.78 Å². The first-order valence-corrected chi connectivity index (χ1v) is 36.5. The fourth-order valence-electron chi connectivity index (χ4n) is 6.77. The number of carbonyl (C=O) groups excluding carboxylic acids is 1. The molecule has 0 fully saturated rings. The predicted molar refractivity (Wildman–Crippen MR) is 284 cm³/mol. The minimum atomic E-state index is -2.23. The standard InChI is InChI=1S/C51H101NO5SSi4/c1-37(31-32-43(55-60(22,23)48(9,10)11)39(3)35-42-36-58-41(5)52-42)29-28-30-38(2)45(57-62(26,27)50(15,16)17)40(4)46(53)51(18,19)44(56-61(24,25)49(12,13)14)33-34-54-59(20,21)47(6,7)8/h31,35-36,38,40,43-45H,28-30,32-34H2,1-27H3/t38-,40+,43-,44-,45-/m0/s1. The molecule has 0 aromatic carbocycles. The van der Waals surface area contributed by atoms with Gasteiger partial charge in [0, 0.05) is 23.3 Å². The van der Waals surface area contributed by atoms with Crippen LogP contribution < -0.4 is 0 Å². The van der Waals surface area contributed by atoms with Crippen molar-refractivity contribution in [2.45, 2.75) is 254 Å². The van der Waals surface area contributed by atoms with Crippen molar-refractivity contribution in [1.29, 1.82) is 0 Å². The maximum Gasteiger partial charge on any atom is 0.192 e. The largest absolute Gasteiger partial charge is 0.417 e. The van der Waals surface area contributed by atoms with E-state index < -0.39 is 38.7 Å². The molecule has 0 amide bonds. The Morgan fingerprint density at radius 1 is 0.710 bits per heavy atom. The Kier molecular flexibility index (Phi) is 21.2. The van der Waals surface area contributed by atoms with E-state index in [2.05, 4.69) is 201 Å². The Hall–Kier alpha value is -0.512. The first kappa shape index (κ1) is 59.5. The van der Waals surface area contributed by atoms with Gasteiger partial charge in [-0.05, 0) is 143 Å². The number of aryl methyl sites for hydroxylation is 1. The van der Waals surface area contributed by atoms with Crippen molar-refractivity contribution in [3.05, 3.63) is 33.3 Å². The summed E-state index contributed by atoms with van der Waals surface area (Å²) in [6.45, 7) is 62.0. The van der Waals surface area contributed by atoms with Crippen LogP contribution in [0.25, 0.3) is 6.08 Å². The number of thiazole rings is 1. The van der Waals surface area contributed by atoms with Crippen LogP contribution in [-0.2, 0) is 22.5 Å². The number of nitrogens with zero attached hydrogens (tertiary/aromatic N) is 1. The van der Waals surface area contributed by atoms with Crippen molar-refractivity contribution in [3.63, 3.8) is 0 Å². The van der Waals surface area contributed by atoms with Crippen molar-refractivity contribution in [2.24, 2.45) is 17.3 Å². The molecule has 0 aliphatic heterocycles. The van der Waals surface area contributed by atoms with Crippen LogP contribution in [-0.4, -0.2) is 69.0 Å². The van der Waals surface area contributed by atoms with Crippen molar-refractivity contribution in [1.82, 2.24) is 4.98 Å². The van der Waals surface area contributed by atoms with E-state index in [9.17, 15) is 0 Å². The SMILES string of the molecule is CC(=CC[C@H](O[Si](C)(C)C(C)(C)C)C(C)=Cc1csc(C)n1)CCC[C@H](C)[C@H](O[Si](C)(C)C(C)(C)C)[C@@H](C)C(=O)C(C)(C)[C@H](CCO[Si](C)(C)C(C)(C)C)O[Si](C)(C)C(C)(C)C. The van der Waals surface area contributed by atoms with Gasteiger partial charge in [0.15, 0.2) is 33.3 Å². The van der Waals surface area contributed by atoms with Gasteiger partial charge in [0.2, 0.25) is 0 Å². The number of rotatable bonds is 23. The minimum absolute atomic E-state index is 0.00687. The second-order valence-electron chi connectivity index (χ2n) is 25.7. The lowest BCUT2D eigenvalue weighted by Gasteiger charge is -2.47. The Balaban J connectivity index is 3.47. The van der Waals surface area contributed by atoms with Crippen molar-refractivity contribution >= 4 is 56.5 Å². The summed E-state index contributed by atoms with van der Waals surface area (Å²) in [5.41, 5.74) is 2.90. The molecule has 5 atom stereocenters. The average Bonchev–Trinajstić information content (AvgIpc) is 3.49. The van der Waals surface area contributed by atoms with E-state index in [0.717, 1.165) is 36.4 Å². The van der Waals surface area contributed by atoms with E-state index in [1.165, 1.54) is 11.1 Å². The van der Waals surface area contributed by atoms with Gasteiger partial charge in [0.25, 0.3) is 0 Å². The van der Waals surface area contributed by atoms with Crippen LogP contribution in [0.5, 0.6) is 0 Å². The van der Waals surface area contributed by atoms with Crippen molar-refractivity contribution in [3.8, 4) is 0 Å². The van der Waals surface area contributed by atoms with Gasteiger partial charge < -0.3 is 17.7 Å². The molecule has 0 bridgehead atoms.